The molecular weight excluding hydrogens is 280 g/mol. The Hall–Kier alpha value is -1.88. The van der Waals surface area contributed by atoms with Gasteiger partial charge < -0.3 is 15.3 Å². The highest BCUT2D eigenvalue weighted by Gasteiger charge is 2.42. The van der Waals surface area contributed by atoms with E-state index in [1.165, 1.54) is 0 Å². The SMILES string of the molecule is CCC(=O)N1CCc2cc(C(=O)NCC3(CO)CC3)ccc21. The van der Waals surface area contributed by atoms with Gasteiger partial charge in [-0.3, -0.25) is 9.59 Å². The van der Waals surface area contributed by atoms with Crippen molar-refractivity contribution in [3.05, 3.63) is 29.3 Å². The van der Waals surface area contributed by atoms with Crippen molar-refractivity contribution in [3.8, 4) is 0 Å². The molecule has 5 heteroatoms. The molecule has 1 aromatic carbocycles. The normalized spacial score (nSPS) is 18.0. The van der Waals surface area contributed by atoms with Crippen molar-refractivity contribution in [1.82, 2.24) is 5.32 Å². The Labute approximate surface area is 130 Å². The summed E-state index contributed by atoms with van der Waals surface area (Å²) in [6.45, 7) is 3.21. The van der Waals surface area contributed by atoms with Crippen LogP contribution in [0.1, 0.15) is 42.1 Å². The summed E-state index contributed by atoms with van der Waals surface area (Å²) in [5.41, 5.74) is 2.52. The Morgan fingerprint density at radius 3 is 2.77 bits per heavy atom. The van der Waals surface area contributed by atoms with Crippen LogP contribution < -0.4 is 10.2 Å². The number of aliphatic hydroxyl groups excluding tert-OH is 1. The second-order valence-electron chi connectivity index (χ2n) is 6.33. The molecule has 118 valence electrons. The van der Waals surface area contributed by atoms with Gasteiger partial charge in [-0.1, -0.05) is 6.92 Å². The summed E-state index contributed by atoms with van der Waals surface area (Å²) in [4.78, 5) is 25.9. The minimum absolute atomic E-state index is 0.0866. The summed E-state index contributed by atoms with van der Waals surface area (Å²) < 4.78 is 0. The number of benzene rings is 1. The topological polar surface area (TPSA) is 69.6 Å². The number of aliphatic hydroxyl groups is 1. The molecule has 1 aliphatic heterocycles. The van der Waals surface area contributed by atoms with Crippen molar-refractivity contribution >= 4 is 17.5 Å². The van der Waals surface area contributed by atoms with Crippen LogP contribution in [0.25, 0.3) is 0 Å². The molecule has 0 saturated heterocycles. The first-order valence-electron chi connectivity index (χ1n) is 7.91. The fraction of sp³-hybridized carbons (Fsp3) is 0.529. The van der Waals surface area contributed by atoms with E-state index in [4.69, 9.17) is 0 Å². The summed E-state index contributed by atoms with van der Waals surface area (Å²) in [5, 5.41) is 12.2. The van der Waals surface area contributed by atoms with E-state index in [0.717, 1.165) is 30.5 Å². The second kappa shape index (κ2) is 5.72. The standard InChI is InChI=1S/C17H22N2O3/c1-2-15(21)19-8-5-12-9-13(3-4-14(12)19)16(22)18-10-17(11-20)6-7-17/h3-4,9,20H,2,5-8,10-11H2,1H3,(H,18,22). The van der Waals surface area contributed by atoms with E-state index in [1.54, 1.807) is 11.0 Å². The summed E-state index contributed by atoms with van der Waals surface area (Å²) in [6, 6.07) is 5.52. The predicted octanol–water partition coefficient (Wildman–Crippen LogP) is 1.49. The molecule has 5 nitrogen and oxygen atoms in total. The summed E-state index contributed by atoms with van der Waals surface area (Å²) in [5.74, 6) is 0.0114. The van der Waals surface area contributed by atoms with Gasteiger partial charge in [-0.05, 0) is 43.0 Å². The van der Waals surface area contributed by atoms with Gasteiger partial charge in [0.05, 0.1) is 6.61 Å². The zero-order valence-electron chi connectivity index (χ0n) is 12.9. The van der Waals surface area contributed by atoms with E-state index < -0.39 is 0 Å². The van der Waals surface area contributed by atoms with Crippen LogP contribution in [0.4, 0.5) is 5.69 Å². The molecule has 22 heavy (non-hydrogen) atoms. The molecule has 2 amide bonds. The Bertz CT molecular complexity index is 608. The largest absolute Gasteiger partial charge is 0.396 e. The fourth-order valence-corrected chi connectivity index (χ4v) is 2.93. The molecular formula is C17H22N2O3. The zero-order chi connectivity index (χ0) is 15.7. The number of fused-ring (bicyclic) bond motifs is 1. The van der Waals surface area contributed by atoms with Gasteiger partial charge in [0.2, 0.25) is 5.91 Å². The molecule has 3 rings (SSSR count). The van der Waals surface area contributed by atoms with Gasteiger partial charge in [0, 0.05) is 36.2 Å². The molecule has 0 aromatic heterocycles. The lowest BCUT2D eigenvalue weighted by atomic mass is 10.1. The van der Waals surface area contributed by atoms with Crippen LogP contribution in [0.15, 0.2) is 18.2 Å². The van der Waals surface area contributed by atoms with Gasteiger partial charge in [0.1, 0.15) is 0 Å². The van der Waals surface area contributed by atoms with Crippen LogP contribution in [-0.2, 0) is 11.2 Å². The van der Waals surface area contributed by atoms with E-state index in [9.17, 15) is 14.7 Å². The number of rotatable bonds is 5. The molecule has 0 unspecified atom stereocenters. The van der Waals surface area contributed by atoms with Gasteiger partial charge in [0.15, 0.2) is 0 Å². The third kappa shape index (κ3) is 2.73. The van der Waals surface area contributed by atoms with Gasteiger partial charge >= 0.3 is 0 Å². The van der Waals surface area contributed by atoms with Crippen LogP contribution in [-0.4, -0.2) is 36.6 Å². The van der Waals surface area contributed by atoms with E-state index >= 15 is 0 Å². The van der Waals surface area contributed by atoms with E-state index in [1.807, 2.05) is 19.1 Å². The number of hydrogen-bond acceptors (Lipinski definition) is 3. The van der Waals surface area contributed by atoms with Gasteiger partial charge in [0.25, 0.3) is 5.91 Å². The van der Waals surface area contributed by atoms with E-state index in [-0.39, 0.29) is 23.8 Å². The highest BCUT2D eigenvalue weighted by Crippen LogP contribution is 2.44. The van der Waals surface area contributed by atoms with Crippen LogP contribution >= 0.6 is 0 Å². The Morgan fingerprint density at radius 1 is 1.36 bits per heavy atom. The fourth-order valence-electron chi connectivity index (χ4n) is 2.93. The van der Waals surface area contributed by atoms with Gasteiger partial charge in [-0.15, -0.1) is 0 Å². The first-order valence-corrected chi connectivity index (χ1v) is 7.91. The van der Waals surface area contributed by atoms with Crippen LogP contribution in [0, 0.1) is 5.41 Å². The smallest absolute Gasteiger partial charge is 0.251 e. The number of anilines is 1. The maximum Gasteiger partial charge on any atom is 0.251 e. The van der Waals surface area contributed by atoms with Crippen molar-refractivity contribution in [2.24, 2.45) is 5.41 Å². The first-order chi connectivity index (χ1) is 10.6. The maximum absolute atomic E-state index is 12.2. The van der Waals surface area contributed by atoms with Gasteiger partial charge in [-0.25, -0.2) is 0 Å². The highest BCUT2D eigenvalue weighted by atomic mass is 16.3. The summed E-state index contributed by atoms with van der Waals surface area (Å²) >= 11 is 0. The average Bonchev–Trinajstić information content (AvgIpc) is 3.22. The average molecular weight is 302 g/mol. The van der Waals surface area contributed by atoms with Crippen LogP contribution in [0.5, 0.6) is 0 Å². The second-order valence-corrected chi connectivity index (χ2v) is 6.33. The highest BCUT2D eigenvalue weighted by molar-refractivity contribution is 5.98. The van der Waals surface area contributed by atoms with Crippen LogP contribution in [0.2, 0.25) is 0 Å². The lowest BCUT2D eigenvalue weighted by Crippen LogP contribution is -2.32. The van der Waals surface area contributed by atoms with Crippen LogP contribution in [0.3, 0.4) is 0 Å². The lowest BCUT2D eigenvalue weighted by Gasteiger charge is -2.17. The molecule has 1 heterocycles. The number of amides is 2. The minimum atomic E-state index is -0.109. The number of hydrogen-bond donors (Lipinski definition) is 2. The quantitative estimate of drug-likeness (QED) is 0.866. The third-order valence-electron chi connectivity index (χ3n) is 4.76. The Morgan fingerprint density at radius 2 is 2.14 bits per heavy atom. The number of nitrogens with one attached hydrogen (secondary N) is 1. The molecule has 1 fully saturated rings. The molecule has 1 aromatic rings. The molecule has 0 radical (unpaired) electrons. The first kappa shape index (κ1) is 15.0. The van der Waals surface area contributed by atoms with Crippen molar-refractivity contribution < 1.29 is 14.7 Å². The molecule has 0 spiro atoms. The van der Waals surface area contributed by atoms with Crippen molar-refractivity contribution in [1.29, 1.82) is 0 Å². The van der Waals surface area contributed by atoms with E-state index in [0.29, 0.717) is 25.1 Å². The Balaban J connectivity index is 1.69. The molecule has 2 aliphatic rings. The molecule has 0 bridgehead atoms. The molecule has 1 saturated carbocycles. The minimum Gasteiger partial charge on any atom is -0.396 e. The Kier molecular flexibility index (Phi) is 3.91. The van der Waals surface area contributed by atoms with Crippen molar-refractivity contribution in [2.75, 3.05) is 24.6 Å². The number of carbonyl (C=O) groups excluding carboxylic acids is 2. The van der Waals surface area contributed by atoms with E-state index in [2.05, 4.69) is 5.32 Å². The molecule has 0 atom stereocenters. The zero-order valence-corrected chi connectivity index (χ0v) is 12.9. The van der Waals surface area contributed by atoms with Gasteiger partial charge in [-0.2, -0.15) is 0 Å². The van der Waals surface area contributed by atoms with Crippen molar-refractivity contribution in [2.45, 2.75) is 32.6 Å². The maximum atomic E-state index is 12.2. The lowest BCUT2D eigenvalue weighted by molar-refractivity contribution is -0.118. The predicted molar refractivity (Wildman–Crippen MR) is 83.9 cm³/mol. The monoisotopic (exact) mass is 302 g/mol. The van der Waals surface area contributed by atoms with Crippen molar-refractivity contribution in [3.63, 3.8) is 0 Å². The number of nitrogens with zero attached hydrogens (tertiary/aromatic N) is 1. The third-order valence-corrected chi connectivity index (χ3v) is 4.76. The number of carbonyl (C=O) groups is 2. The molecule has 1 aliphatic carbocycles. The summed E-state index contributed by atoms with van der Waals surface area (Å²) in [7, 11) is 0. The molecule has 2 N–H and O–H groups in total. The summed E-state index contributed by atoms with van der Waals surface area (Å²) in [6.07, 6.45) is 3.23.